The van der Waals surface area contributed by atoms with Gasteiger partial charge in [-0.25, -0.2) is 0 Å². The van der Waals surface area contributed by atoms with Crippen molar-refractivity contribution in [3.63, 3.8) is 0 Å². The molecule has 0 spiro atoms. The van der Waals surface area contributed by atoms with Crippen molar-refractivity contribution in [3.05, 3.63) is 12.1 Å². The molecule has 0 atom stereocenters. The molecule has 0 saturated carbocycles. The first kappa shape index (κ1) is 8.82. The van der Waals surface area contributed by atoms with Crippen molar-refractivity contribution in [3.8, 4) is 0 Å². The Hall–Kier alpha value is 1.73. The van der Waals surface area contributed by atoms with Crippen molar-refractivity contribution in [2.24, 2.45) is 0 Å². The SMILES string of the molecule is [Cl][Hg][c]1cc[c]([Hg][Cl])o1. The molecule has 1 aromatic heterocycles. The van der Waals surface area contributed by atoms with Crippen LogP contribution >= 0.6 is 16.5 Å². The Morgan fingerprint density at radius 2 is 1.56 bits per heavy atom. The van der Waals surface area contributed by atoms with Gasteiger partial charge < -0.3 is 0 Å². The van der Waals surface area contributed by atoms with Gasteiger partial charge in [0.25, 0.3) is 0 Å². The Morgan fingerprint density at radius 1 is 1.11 bits per heavy atom. The maximum atomic E-state index is 5.71. The summed E-state index contributed by atoms with van der Waals surface area (Å²) in [5, 5.41) is 0. The van der Waals surface area contributed by atoms with E-state index in [0.29, 0.717) is 0 Å². The van der Waals surface area contributed by atoms with E-state index in [1.54, 1.807) is 0 Å². The van der Waals surface area contributed by atoms with E-state index < -0.39 is 46.7 Å². The van der Waals surface area contributed by atoms with Crippen LogP contribution in [0.5, 0.6) is 0 Å². The molecule has 0 aliphatic carbocycles. The van der Waals surface area contributed by atoms with Gasteiger partial charge in [-0.05, 0) is 0 Å². The molecule has 0 bridgehead atoms. The van der Waals surface area contributed by atoms with E-state index in [9.17, 15) is 0 Å². The third-order valence-corrected chi connectivity index (χ3v) is 10.6. The van der Waals surface area contributed by atoms with Gasteiger partial charge in [0.05, 0.1) is 0 Å². The van der Waals surface area contributed by atoms with Gasteiger partial charge in [-0.3, -0.25) is 0 Å². The Labute approximate surface area is 84.8 Å². The molecule has 42 valence electrons. The van der Waals surface area contributed by atoms with Crippen molar-refractivity contribution >= 4 is 23.0 Å². The molecular formula is C4H2Cl2Hg2O. The topological polar surface area (TPSA) is 13.1 Å². The molecule has 0 saturated heterocycles. The molecule has 5 heteroatoms. The fourth-order valence-electron chi connectivity index (χ4n) is 0.566. The van der Waals surface area contributed by atoms with Gasteiger partial charge in [-0.15, -0.1) is 0 Å². The number of hydrogen-bond donors (Lipinski definition) is 0. The van der Waals surface area contributed by atoms with Gasteiger partial charge in [0.15, 0.2) is 0 Å². The molecule has 0 unspecified atom stereocenters. The molecule has 0 N–H and O–H groups in total. The van der Waals surface area contributed by atoms with Crippen LogP contribution in [-0.2, 0) is 46.7 Å². The molecule has 1 heterocycles. The van der Waals surface area contributed by atoms with E-state index in [1.807, 2.05) is 12.1 Å². The number of halogens is 2. The molecule has 0 aromatic carbocycles. The van der Waals surface area contributed by atoms with Crippen LogP contribution in [0.3, 0.4) is 0 Å². The Kier molecular flexibility index (Phi) is 4.49. The maximum absolute atomic E-state index is 5.71. The summed E-state index contributed by atoms with van der Waals surface area (Å²) >= 11 is -2.51. The third kappa shape index (κ3) is 2.68. The average molecular weight is 538 g/mol. The van der Waals surface area contributed by atoms with Crippen molar-refractivity contribution in [2.75, 3.05) is 0 Å². The normalized spacial score (nSPS) is 8.22. The van der Waals surface area contributed by atoms with E-state index in [0.717, 1.165) is 6.54 Å². The van der Waals surface area contributed by atoms with Gasteiger partial charge in [0, 0.05) is 0 Å². The Morgan fingerprint density at radius 3 is 1.78 bits per heavy atom. The summed E-state index contributed by atoms with van der Waals surface area (Å²) in [5.74, 6) is 0. The van der Waals surface area contributed by atoms with E-state index in [1.165, 1.54) is 0 Å². The van der Waals surface area contributed by atoms with Crippen molar-refractivity contribution < 1.29 is 51.1 Å². The van der Waals surface area contributed by atoms with Gasteiger partial charge in [-0.2, -0.15) is 0 Å². The zero-order chi connectivity index (χ0) is 6.69. The van der Waals surface area contributed by atoms with Crippen LogP contribution in [0.1, 0.15) is 0 Å². The van der Waals surface area contributed by atoms with Crippen LogP contribution in [-0.4, -0.2) is 0 Å². The molecule has 0 aliphatic heterocycles. The average Bonchev–Trinajstić information content (AvgIpc) is 2.34. The van der Waals surface area contributed by atoms with Crippen molar-refractivity contribution in [1.82, 2.24) is 0 Å². The summed E-state index contributed by atoms with van der Waals surface area (Å²) in [4.78, 5) is 0. The molecule has 0 fully saturated rings. The predicted octanol–water partition coefficient (Wildman–Crippen LogP) is 1.00. The van der Waals surface area contributed by atoms with Crippen LogP contribution in [0.2, 0.25) is 0 Å². The fourth-order valence-corrected chi connectivity index (χ4v) is 9.65. The first-order valence-corrected chi connectivity index (χ1v) is 21.6. The zero-order valence-corrected chi connectivity index (χ0v) is 17.2. The zero-order valence-electron chi connectivity index (χ0n) is 4.73. The number of rotatable bonds is 2. The molecule has 0 amide bonds. The summed E-state index contributed by atoms with van der Waals surface area (Å²) in [6.45, 7) is 0. The minimum absolute atomic E-state index is 1.05. The van der Waals surface area contributed by atoms with Gasteiger partial charge in [0.2, 0.25) is 0 Å². The standard InChI is InChI=1S/C4H2O.2ClH.2Hg/c1-2-4-5-3-1;;;;/h1-2H;2*1H;;/q;;;2*+1/p-2. The van der Waals surface area contributed by atoms with Gasteiger partial charge in [-0.1, -0.05) is 0 Å². The molecule has 9 heavy (non-hydrogen) atoms. The fraction of sp³-hybridized carbons (Fsp3) is 0. The van der Waals surface area contributed by atoms with Gasteiger partial charge in [0.1, 0.15) is 0 Å². The summed E-state index contributed by atoms with van der Waals surface area (Å²) < 4.78 is 7.41. The predicted molar refractivity (Wildman–Crippen MR) is 29.7 cm³/mol. The molecule has 1 aromatic rings. The van der Waals surface area contributed by atoms with Crippen LogP contribution in [0.4, 0.5) is 0 Å². The van der Waals surface area contributed by atoms with Crippen LogP contribution < -0.4 is 6.54 Å². The number of furan rings is 1. The molecular weight excluding hydrogens is 536 g/mol. The summed E-state index contributed by atoms with van der Waals surface area (Å²) in [6, 6.07) is 3.96. The minimum atomic E-state index is -1.25. The first-order valence-electron chi connectivity index (χ1n) is 2.56. The van der Waals surface area contributed by atoms with Crippen LogP contribution in [0.15, 0.2) is 16.5 Å². The quantitative estimate of drug-likeness (QED) is 0.513. The first-order chi connectivity index (χ1) is 4.36. The summed E-state index contributed by atoms with van der Waals surface area (Å²) in [7, 11) is 11.4. The second-order valence-electron chi connectivity index (χ2n) is 1.64. The summed E-state index contributed by atoms with van der Waals surface area (Å²) in [5.41, 5.74) is 0. The van der Waals surface area contributed by atoms with E-state index >= 15 is 0 Å². The van der Waals surface area contributed by atoms with Crippen LogP contribution in [0.25, 0.3) is 0 Å². The van der Waals surface area contributed by atoms with Gasteiger partial charge >= 0.3 is 86.3 Å². The molecule has 1 nitrogen and oxygen atoms in total. The summed E-state index contributed by atoms with van der Waals surface area (Å²) in [6.07, 6.45) is 0. The third-order valence-electron chi connectivity index (χ3n) is 0.981. The Bertz CT molecular complexity index is 170. The van der Waals surface area contributed by atoms with Crippen LogP contribution in [0, 0.1) is 0 Å². The Balaban J connectivity index is 2.74. The van der Waals surface area contributed by atoms with Crippen molar-refractivity contribution in [1.29, 1.82) is 0 Å². The number of hydrogen-bond acceptors (Lipinski definition) is 1. The second kappa shape index (κ2) is 4.58. The molecule has 1 rings (SSSR count). The van der Waals surface area contributed by atoms with E-state index in [2.05, 4.69) is 0 Å². The van der Waals surface area contributed by atoms with E-state index in [-0.39, 0.29) is 0 Å². The van der Waals surface area contributed by atoms with Crippen molar-refractivity contribution in [2.45, 2.75) is 0 Å². The molecule has 0 aliphatic rings. The second-order valence-corrected chi connectivity index (χ2v) is 13.8. The van der Waals surface area contributed by atoms with E-state index in [4.69, 9.17) is 20.9 Å². The monoisotopic (exact) mass is 540 g/mol. The molecule has 0 radical (unpaired) electrons.